The zero-order chi connectivity index (χ0) is 18.2. The molecule has 2 aromatic carbocycles. The highest BCUT2D eigenvalue weighted by Crippen LogP contribution is 2.33. The molecule has 25 heavy (non-hydrogen) atoms. The van der Waals surface area contributed by atoms with E-state index in [4.69, 9.17) is 0 Å². The third kappa shape index (κ3) is 3.37. The van der Waals surface area contributed by atoms with Crippen molar-refractivity contribution in [1.82, 2.24) is 0 Å². The highest BCUT2D eigenvalue weighted by atomic mass is 32.2. The van der Waals surface area contributed by atoms with Crippen molar-refractivity contribution in [1.29, 1.82) is 0 Å². The molecule has 0 amide bonds. The summed E-state index contributed by atoms with van der Waals surface area (Å²) in [6.45, 7) is 7.98. The molecule has 0 radical (unpaired) electrons. The highest BCUT2D eigenvalue weighted by Gasteiger charge is 2.31. The van der Waals surface area contributed by atoms with Crippen LogP contribution in [0.4, 0.5) is 5.69 Å². The second-order valence-corrected chi connectivity index (χ2v) is 8.13. The Morgan fingerprint density at radius 3 is 2.20 bits per heavy atom. The van der Waals surface area contributed by atoms with Crippen molar-refractivity contribution in [2.75, 3.05) is 5.32 Å². The number of nitrogens with one attached hydrogen (secondary N) is 1. The van der Waals surface area contributed by atoms with Crippen molar-refractivity contribution < 1.29 is 8.42 Å². The summed E-state index contributed by atoms with van der Waals surface area (Å²) >= 11 is 0. The third-order valence-electron chi connectivity index (χ3n) is 4.40. The molecule has 1 heterocycles. The van der Waals surface area contributed by atoms with Gasteiger partial charge >= 0.3 is 0 Å². The first-order valence-corrected chi connectivity index (χ1v) is 9.73. The normalized spacial score (nSPS) is 16.3. The van der Waals surface area contributed by atoms with Crippen molar-refractivity contribution >= 4 is 26.5 Å². The van der Waals surface area contributed by atoms with Gasteiger partial charge < -0.3 is 5.32 Å². The summed E-state index contributed by atoms with van der Waals surface area (Å²) < 4.78 is 29.1. The summed E-state index contributed by atoms with van der Waals surface area (Å²) in [6, 6.07) is 15.4. The molecule has 0 bridgehead atoms. The molecular weight excluding hydrogens is 332 g/mol. The molecule has 4 nitrogen and oxygen atoms in total. The largest absolute Gasteiger partial charge is 0.339 e. The number of hydrogen-bond acceptors (Lipinski definition) is 3. The molecule has 1 aliphatic rings. The van der Waals surface area contributed by atoms with E-state index in [1.54, 1.807) is 6.92 Å². The smallest absolute Gasteiger partial charge is 0.285 e. The van der Waals surface area contributed by atoms with Crippen LogP contribution in [0.5, 0.6) is 0 Å². The summed E-state index contributed by atoms with van der Waals surface area (Å²) in [5, 5.41) is 3.16. The lowest BCUT2D eigenvalue weighted by Crippen LogP contribution is -2.12. The van der Waals surface area contributed by atoms with Crippen molar-refractivity contribution in [3.63, 3.8) is 0 Å². The summed E-state index contributed by atoms with van der Waals surface area (Å²) in [5.41, 5.74) is 4.38. The van der Waals surface area contributed by atoms with E-state index in [-0.39, 0.29) is 4.91 Å². The van der Waals surface area contributed by atoms with Crippen LogP contribution in [-0.2, 0) is 10.0 Å². The Bertz CT molecular complexity index is 969. The summed E-state index contributed by atoms with van der Waals surface area (Å²) in [5.74, 6) is 0.788. The number of benzene rings is 2. The van der Waals surface area contributed by atoms with Crippen LogP contribution in [0.25, 0.3) is 4.91 Å². The maximum atomic E-state index is 12.6. The van der Waals surface area contributed by atoms with Crippen LogP contribution in [0.3, 0.4) is 0 Å². The SMILES string of the molecule is CC1=C(c2ccc(C(C)C)cc2)S(=O)(=O)N=C1Nc1ccccc1C. The average molecular weight is 354 g/mol. The van der Waals surface area contributed by atoms with Gasteiger partial charge in [-0.3, -0.25) is 0 Å². The highest BCUT2D eigenvalue weighted by molar-refractivity contribution is 8.00. The molecule has 0 spiro atoms. The molecule has 0 unspecified atom stereocenters. The minimum absolute atomic E-state index is 0.277. The molecule has 1 aliphatic heterocycles. The van der Waals surface area contributed by atoms with Gasteiger partial charge in [0.1, 0.15) is 10.7 Å². The second-order valence-electron chi connectivity index (χ2n) is 6.59. The maximum absolute atomic E-state index is 12.6. The van der Waals surface area contributed by atoms with E-state index in [9.17, 15) is 8.42 Å². The van der Waals surface area contributed by atoms with E-state index in [0.717, 1.165) is 11.3 Å². The maximum Gasteiger partial charge on any atom is 0.285 e. The molecule has 1 N–H and O–H groups in total. The number of aryl methyl sites for hydroxylation is 1. The molecule has 3 rings (SSSR count). The lowest BCUT2D eigenvalue weighted by Gasteiger charge is -2.10. The molecule has 5 heteroatoms. The number of rotatable bonds is 3. The van der Waals surface area contributed by atoms with E-state index in [2.05, 4.69) is 23.6 Å². The van der Waals surface area contributed by atoms with Gasteiger partial charge in [-0.1, -0.05) is 56.3 Å². The van der Waals surface area contributed by atoms with Gasteiger partial charge in [0.05, 0.1) is 0 Å². The van der Waals surface area contributed by atoms with E-state index in [1.807, 2.05) is 55.5 Å². The number of anilines is 1. The number of hydrogen-bond donors (Lipinski definition) is 1. The Kier molecular flexibility index (Phi) is 4.52. The van der Waals surface area contributed by atoms with E-state index in [1.165, 1.54) is 5.56 Å². The van der Waals surface area contributed by atoms with Gasteiger partial charge in [0.15, 0.2) is 0 Å². The van der Waals surface area contributed by atoms with Crippen LogP contribution in [-0.4, -0.2) is 14.3 Å². The first-order valence-electron chi connectivity index (χ1n) is 8.29. The second kappa shape index (κ2) is 6.48. The van der Waals surface area contributed by atoms with Gasteiger partial charge in [0.2, 0.25) is 0 Å². The van der Waals surface area contributed by atoms with Gasteiger partial charge in [-0.25, -0.2) is 0 Å². The van der Waals surface area contributed by atoms with Crippen molar-refractivity contribution in [2.24, 2.45) is 4.40 Å². The Morgan fingerprint density at radius 1 is 0.960 bits per heavy atom. The summed E-state index contributed by atoms with van der Waals surface area (Å²) in [7, 11) is -3.70. The van der Waals surface area contributed by atoms with E-state index >= 15 is 0 Å². The number of nitrogens with zero attached hydrogens (tertiary/aromatic N) is 1. The average Bonchev–Trinajstić information content (AvgIpc) is 2.78. The lowest BCUT2D eigenvalue weighted by atomic mass is 10.0. The molecular formula is C20H22N2O2S. The van der Waals surface area contributed by atoms with Gasteiger partial charge in [-0.15, -0.1) is 4.40 Å². The molecule has 130 valence electrons. The first-order chi connectivity index (χ1) is 11.8. The van der Waals surface area contributed by atoms with E-state index < -0.39 is 10.0 Å². The fraction of sp³-hybridized carbons (Fsp3) is 0.250. The van der Waals surface area contributed by atoms with Gasteiger partial charge in [-0.05, 0) is 42.5 Å². The predicted molar refractivity (Wildman–Crippen MR) is 104 cm³/mol. The Morgan fingerprint density at radius 2 is 1.60 bits per heavy atom. The Labute approximate surface area is 149 Å². The Hall–Kier alpha value is -2.40. The standard InChI is InChI=1S/C20H22N2O2S/c1-13(2)16-9-11-17(12-10-16)19-15(4)20(22-25(19,23)24)21-18-8-6-5-7-14(18)3/h5-13H,1-4H3,(H,21,22). The van der Waals surface area contributed by atoms with Crippen molar-refractivity contribution in [3.8, 4) is 0 Å². The quantitative estimate of drug-likeness (QED) is 0.869. The van der Waals surface area contributed by atoms with Crippen LogP contribution < -0.4 is 5.32 Å². The lowest BCUT2D eigenvalue weighted by molar-refractivity contribution is 0.608. The number of amidine groups is 1. The van der Waals surface area contributed by atoms with Crippen LogP contribution >= 0.6 is 0 Å². The molecule has 2 aromatic rings. The first kappa shape index (κ1) is 17.4. The molecule has 0 saturated carbocycles. The summed E-state index contributed by atoms with van der Waals surface area (Å²) in [4.78, 5) is 0.277. The molecule has 0 saturated heterocycles. The van der Waals surface area contributed by atoms with Gasteiger partial charge in [-0.2, -0.15) is 8.42 Å². The minimum atomic E-state index is -3.70. The fourth-order valence-electron chi connectivity index (χ4n) is 2.88. The predicted octanol–water partition coefficient (Wildman–Crippen LogP) is 4.70. The summed E-state index contributed by atoms with van der Waals surface area (Å²) in [6.07, 6.45) is 0. The van der Waals surface area contributed by atoms with Crippen LogP contribution in [0, 0.1) is 6.92 Å². The van der Waals surface area contributed by atoms with Crippen molar-refractivity contribution in [2.45, 2.75) is 33.6 Å². The van der Waals surface area contributed by atoms with Gasteiger partial charge in [0.25, 0.3) is 10.0 Å². The minimum Gasteiger partial charge on any atom is -0.339 e. The Balaban J connectivity index is 2.00. The molecule has 0 fully saturated rings. The topological polar surface area (TPSA) is 58.5 Å². The van der Waals surface area contributed by atoms with Crippen molar-refractivity contribution in [3.05, 3.63) is 70.8 Å². The van der Waals surface area contributed by atoms with Gasteiger partial charge in [0, 0.05) is 11.3 Å². The molecule has 0 aromatic heterocycles. The molecule has 0 aliphatic carbocycles. The third-order valence-corrected chi connectivity index (χ3v) is 5.88. The molecule has 0 atom stereocenters. The van der Waals surface area contributed by atoms with Crippen LogP contribution in [0.15, 0.2) is 58.5 Å². The number of sulfonamides is 1. The van der Waals surface area contributed by atoms with Crippen LogP contribution in [0.1, 0.15) is 43.4 Å². The number of para-hydroxylation sites is 1. The zero-order valence-corrected chi connectivity index (χ0v) is 15.7. The fourth-order valence-corrected chi connectivity index (χ4v) is 4.31. The monoisotopic (exact) mass is 354 g/mol. The zero-order valence-electron chi connectivity index (χ0n) is 14.9. The van der Waals surface area contributed by atoms with E-state index in [0.29, 0.717) is 22.9 Å². The van der Waals surface area contributed by atoms with Crippen LogP contribution in [0.2, 0.25) is 0 Å².